The second kappa shape index (κ2) is 3.38. The van der Waals surface area contributed by atoms with Gasteiger partial charge in [0.1, 0.15) is 6.34 Å². The van der Waals surface area contributed by atoms with E-state index >= 15 is 0 Å². The van der Waals surface area contributed by atoms with Crippen LogP contribution in [-0.4, -0.2) is 21.7 Å². The number of aliphatic imine (C=N–C) groups is 1. The summed E-state index contributed by atoms with van der Waals surface area (Å²) in [5.74, 6) is 0. The van der Waals surface area contributed by atoms with Crippen molar-refractivity contribution in [1.29, 1.82) is 0 Å². The molecule has 0 radical (unpaired) electrons. The molecule has 1 aromatic heterocycles. The Bertz CT molecular complexity index is 335. The van der Waals surface area contributed by atoms with Crippen molar-refractivity contribution >= 4 is 24.0 Å². The summed E-state index contributed by atoms with van der Waals surface area (Å²) in [5, 5.41) is 0. The zero-order chi connectivity index (χ0) is 9.26. The van der Waals surface area contributed by atoms with E-state index < -0.39 is 0 Å². The maximum Gasteiger partial charge on any atom is 0.102 e. The van der Waals surface area contributed by atoms with Gasteiger partial charge in [-0.1, -0.05) is 0 Å². The quantitative estimate of drug-likeness (QED) is 0.641. The number of hydrogen-bond donors (Lipinski definition) is 0. The molecule has 1 aliphatic heterocycles. The van der Waals surface area contributed by atoms with Crippen molar-refractivity contribution in [2.75, 3.05) is 0 Å². The van der Waals surface area contributed by atoms with Crippen molar-refractivity contribution in [1.82, 2.24) is 9.29 Å². The molecule has 68 valence electrons. The molecule has 0 aromatic carbocycles. The summed E-state index contributed by atoms with van der Waals surface area (Å²) in [6.07, 6.45) is 5.49. The van der Waals surface area contributed by atoms with Gasteiger partial charge in [-0.3, -0.25) is 9.29 Å². The number of fused-ring (bicyclic) bond motifs is 1. The molecule has 4 heteroatoms. The van der Waals surface area contributed by atoms with Crippen molar-refractivity contribution in [3.63, 3.8) is 0 Å². The zero-order valence-corrected chi connectivity index (χ0v) is 8.45. The SMILES string of the molecule is CC(C)N1C=Nc2ccncc2S1. The molecule has 0 saturated heterocycles. The average molecular weight is 193 g/mol. The van der Waals surface area contributed by atoms with Crippen molar-refractivity contribution in [3.05, 3.63) is 18.5 Å². The van der Waals surface area contributed by atoms with Crippen LogP contribution in [0, 0.1) is 0 Å². The van der Waals surface area contributed by atoms with E-state index in [2.05, 4.69) is 28.1 Å². The molecule has 0 bridgehead atoms. The molecule has 1 aromatic rings. The highest BCUT2D eigenvalue weighted by Gasteiger charge is 2.14. The van der Waals surface area contributed by atoms with E-state index in [0.29, 0.717) is 6.04 Å². The van der Waals surface area contributed by atoms with Crippen LogP contribution in [0.15, 0.2) is 28.3 Å². The molecule has 0 fully saturated rings. The highest BCUT2D eigenvalue weighted by molar-refractivity contribution is 7.97. The minimum atomic E-state index is 0.460. The number of nitrogens with zero attached hydrogens (tertiary/aromatic N) is 3. The number of hydrogen-bond acceptors (Lipinski definition) is 4. The van der Waals surface area contributed by atoms with Gasteiger partial charge in [-0.05, 0) is 31.9 Å². The van der Waals surface area contributed by atoms with E-state index in [4.69, 9.17) is 0 Å². The van der Waals surface area contributed by atoms with Crippen LogP contribution in [-0.2, 0) is 0 Å². The smallest absolute Gasteiger partial charge is 0.102 e. The lowest BCUT2D eigenvalue weighted by atomic mass is 10.4. The van der Waals surface area contributed by atoms with Crippen LogP contribution in [0.2, 0.25) is 0 Å². The number of pyridine rings is 1. The second-order valence-electron chi connectivity index (χ2n) is 3.13. The van der Waals surface area contributed by atoms with Crippen LogP contribution in [0.5, 0.6) is 0 Å². The minimum absolute atomic E-state index is 0.460. The van der Waals surface area contributed by atoms with Gasteiger partial charge in [0.05, 0.1) is 10.6 Å². The van der Waals surface area contributed by atoms with Gasteiger partial charge in [0.2, 0.25) is 0 Å². The van der Waals surface area contributed by atoms with Crippen molar-refractivity contribution in [2.45, 2.75) is 24.8 Å². The van der Waals surface area contributed by atoms with Gasteiger partial charge in [0, 0.05) is 18.4 Å². The van der Waals surface area contributed by atoms with Crippen LogP contribution < -0.4 is 0 Å². The molecule has 2 rings (SSSR count). The lowest BCUT2D eigenvalue weighted by Crippen LogP contribution is -2.23. The molecule has 0 spiro atoms. The predicted molar refractivity (Wildman–Crippen MR) is 55.2 cm³/mol. The van der Waals surface area contributed by atoms with E-state index in [0.717, 1.165) is 10.6 Å². The van der Waals surface area contributed by atoms with E-state index in [1.54, 1.807) is 18.1 Å². The Kier molecular flexibility index (Phi) is 2.22. The molecular formula is C9H11N3S. The number of aromatic nitrogens is 1. The highest BCUT2D eigenvalue weighted by atomic mass is 32.2. The Morgan fingerprint density at radius 1 is 1.46 bits per heavy atom. The Labute approximate surface area is 82.0 Å². The minimum Gasteiger partial charge on any atom is -0.300 e. The van der Waals surface area contributed by atoms with Gasteiger partial charge in [0.15, 0.2) is 0 Å². The van der Waals surface area contributed by atoms with Gasteiger partial charge in [-0.15, -0.1) is 0 Å². The molecule has 2 heterocycles. The lowest BCUT2D eigenvalue weighted by Gasteiger charge is -2.25. The average Bonchev–Trinajstić information content (AvgIpc) is 2.17. The molecule has 3 nitrogen and oxygen atoms in total. The number of rotatable bonds is 1. The maximum absolute atomic E-state index is 4.34. The Morgan fingerprint density at radius 2 is 2.31 bits per heavy atom. The molecule has 0 N–H and O–H groups in total. The fraction of sp³-hybridized carbons (Fsp3) is 0.333. The Morgan fingerprint density at radius 3 is 3.08 bits per heavy atom. The van der Waals surface area contributed by atoms with Gasteiger partial charge in [0.25, 0.3) is 0 Å². The van der Waals surface area contributed by atoms with Gasteiger partial charge in [-0.25, -0.2) is 4.99 Å². The van der Waals surface area contributed by atoms with Gasteiger partial charge in [-0.2, -0.15) is 0 Å². The van der Waals surface area contributed by atoms with Crippen molar-refractivity contribution in [2.24, 2.45) is 4.99 Å². The summed E-state index contributed by atoms with van der Waals surface area (Å²) in [7, 11) is 0. The first-order valence-corrected chi connectivity index (χ1v) is 4.99. The summed E-state index contributed by atoms with van der Waals surface area (Å²) < 4.78 is 2.12. The Balaban J connectivity index is 2.29. The fourth-order valence-electron chi connectivity index (χ4n) is 1.04. The molecular weight excluding hydrogens is 182 g/mol. The monoisotopic (exact) mass is 193 g/mol. The highest BCUT2D eigenvalue weighted by Crippen LogP contribution is 2.34. The first-order valence-electron chi connectivity index (χ1n) is 4.22. The van der Waals surface area contributed by atoms with Crippen LogP contribution in [0.25, 0.3) is 0 Å². The Hall–Kier alpha value is -1.03. The molecule has 0 saturated carbocycles. The first kappa shape index (κ1) is 8.56. The second-order valence-corrected chi connectivity index (χ2v) is 4.18. The van der Waals surface area contributed by atoms with Crippen LogP contribution >= 0.6 is 11.9 Å². The standard InChI is InChI=1S/C9H11N3S/c1-7(2)12-6-11-8-3-4-10-5-9(8)13-12/h3-7H,1-2H3. The fourth-order valence-corrected chi connectivity index (χ4v) is 1.90. The first-order chi connectivity index (χ1) is 6.27. The largest absolute Gasteiger partial charge is 0.300 e. The summed E-state index contributed by atoms with van der Waals surface area (Å²) in [6, 6.07) is 2.39. The van der Waals surface area contributed by atoms with Crippen LogP contribution in [0.3, 0.4) is 0 Å². The summed E-state index contributed by atoms with van der Waals surface area (Å²) in [5.41, 5.74) is 1.01. The molecule has 1 aliphatic rings. The van der Waals surface area contributed by atoms with E-state index in [-0.39, 0.29) is 0 Å². The molecule has 0 unspecified atom stereocenters. The van der Waals surface area contributed by atoms with Crippen LogP contribution in [0.1, 0.15) is 13.8 Å². The normalized spacial score (nSPS) is 14.8. The van der Waals surface area contributed by atoms with Crippen molar-refractivity contribution < 1.29 is 0 Å². The van der Waals surface area contributed by atoms with E-state index in [9.17, 15) is 0 Å². The third-order valence-corrected chi connectivity index (χ3v) is 3.02. The van der Waals surface area contributed by atoms with Crippen LogP contribution in [0.4, 0.5) is 5.69 Å². The molecule has 0 aliphatic carbocycles. The summed E-state index contributed by atoms with van der Waals surface area (Å²) in [6.45, 7) is 4.28. The predicted octanol–water partition coefficient (Wildman–Crippen LogP) is 2.47. The van der Waals surface area contributed by atoms with Gasteiger partial charge >= 0.3 is 0 Å². The lowest BCUT2D eigenvalue weighted by molar-refractivity contribution is 0.560. The third kappa shape index (κ3) is 1.67. The zero-order valence-electron chi connectivity index (χ0n) is 7.64. The summed E-state index contributed by atoms with van der Waals surface area (Å²) in [4.78, 5) is 9.53. The molecule has 0 amide bonds. The van der Waals surface area contributed by atoms with E-state index in [1.165, 1.54) is 0 Å². The van der Waals surface area contributed by atoms with E-state index in [1.807, 2.05) is 18.6 Å². The topological polar surface area (TPSA) is 28.5 Å². The summed E-state index contributed by atoms with van der Waals surface area (Å²) >= 11 is 1.69. The van der Waals surface area contributed by atoms with Crippen molar-refractivity contribution in [3.8, 4) is 0 Å². The molecule has 13 heavy (non-hydrogen) atoms. The van der Waals surface area contributed by atoms with Gasteiger partial charge < -0.3 is 0 Å². The maximum atomic E-state index is 4.34. The molecule has 0 atom stereocenters. The third-order valence-electron chi connectivity index (χ3n) is 1.79.